The second-order valence-electron chi connectivity index (χ2n) is 11.7. The van der Waals surface area contributed by atoms with Gasteiger partial charge in [0.2, 0.25) is 0 Å². The molecule has 2 aromatic carbocycles. The van der Waals surface area contributed by atoms with Crippen molar-refractivity contribution < 1.29 is 43.1 Å². The summed E-state index contributed by atoms with van der Waals surface area (Å²) in [6, 6.07) is 11.4. The number of pyridine rings is 1. The number of oxazole rings is 1. The average molecular weight is 758 g/mol. The Morgan fingerprint density at radius 2 is 1.31 bits per heavy atom. The van der Waals surface area contributed by atoms with E-state index >= 15 is 0 Å². The summed E-state index contributed by atoms with van der Waals surface area (Å²) in [6.07, 6.45) is 1.93. The van der Waals surface area contributed by atoms with Gasteiger partial charge in [-0.2, -0.15) is 4.98 Å². The van der Waals surface area contributed by atoms with E-state index in [1.54, 1.807) is 46.8 Å². The number of methoxy groups -OCH3 is 4. The van der Waals surface area contributed by atoms with Crippen molar-refractivity contribution in [2.75, 3.05) is 39.9 Å². The minimum absolute atomic E-state index is 0.0749. The van der Waals surface area contributed by atoms with Crippen LogP contribution in [-0.4, -0.2) is 67.3 Å². The maximum absolute atomic E-state index is 11.6. The van der Waals surface area contributed by atoms with Gasteiger partial charge in [0.05, 0.1) is 54.3 Å². The number of hydrogen-bond acceptors (Lipinski definition) is 11. The van der Waals surface area contributed by atoms with Crippen molar-refractivity contribution in [2.24, 2.45) is 5.92 Å². The summed E-state index contributed by atoms with van der Waals surface area (Å²) in [7, 11) is 6.36. The normalized spacial score (nSPS) is 15.5. The summed E-state index contributed by atoms with van der Waals surface area (Å²) in [5.41, 5.74) is 1.27. The summed E-state index contributed by atoms with van der Waals surface area (Å²) >= 11 is 0. The molecule has 3 heterocycles. The Bertz CT molecular complexity index is 1570. The molecule has 0 saturated carbocycles. The maximum Gasteiger partial charge on any atom is 0.332 e. The largest absolute Gasteiger partial charge is 0.497 e. The molecule has 2 unspecified atom stereocenters. The fourth-order valence-electron chi connectivity index (χ4n) is 5.12. The molecule has 54 heavy (non-hydrogen) atoms. The topological polar surface area (TPSA) is 146 Å². The van der Waals surface area contributed by atoms with Crippen LogP contribution in [0, 0.1) is 5.92 Å². The van der Waals surface area contributed by atoms with Crippen molar-refractivity contribution in [1.82, 2.24) is 9.97 Å². The summed E-state index contributed by atoms with van der Waals surface area (Å²) in [4.78, 5) is 22.6. The fraction of sp³-hybridized carbons (Fsp3) is 0.548. The molecule has 12 nitrogen and oxygen atoms in total. The van der Waals surface area contributed by atoms with Gasteiger partial charge in [-0.25, -0.2) is 4.79 Å². The van der Waals surface area contributed by atoms with Gasteiger partial charge in [0.25, 0.3) is 6.01 Å². The van der Waals surface area contributed by atoms with Gasteiger partial charge in [-0.05, 0) is 30.2 Å². The third-order valence-electron chi connectivity index (χ3n) is 7.40. The molecule has 304 valence electrons. The van der Waals surface area contributed by atoms with Gasteiger partial charge in [-0.3, -0.25) is 4.98 Å². The van der Waals surface area contributed by atoms with Crippen LogP contribution in [0.2, 0.25) is 0 Å². The third-order valence-corrected chi connectivity index (χ3v) is 7.40. The highest BCUT2D eigenvalue weighted by Crippen LogP contribution is 2.40. The molecule has 5 rings (SSSR count). The number of rotatable bonds is 11. The molecule has 0 amide bonds. The second kappa shape index (κ2) is 26.3. The van der Waals surface area contributed by atoms with E-state index < -0.39 is 17.7 Å². The van der Waals surface area contributed by atoms with Crippen LogP contribution in [0.1, 0.15) is 106 Å². The molecule has 0 bridgehead atoms. The van der Waals surface area contributed by atoms with E-state index in [2.05, 4.69) is 25.8 Å². The van der Waals surface area contributed by atoms with Crippen LogP contribution in [0.15, 0.2) is 53.2 Å². The number of nitrogens with zero attached hydrogens (tertiary/aromatic N) is 3. The minimum Gasteiger partial charge on any atom is -0.497 e. The van der Waals surface area contributed by atoms with Crippen LogP contribution in [0.4, 0.5) is 6.01 Å². The van der Waals surface area contributed by atoms with Crippen LogP contribution in [-0.2, 0) is 28.2 Å². The van der Waals surface area contributed by atoms with E-state index in [0.29, 0.717) is 52.8 Å². The Morgan fingerprint density at radius 1 is 0.833 bits per heavy atom. The molecule has 12 heteroatoms. The van der Waals surface area contributed by atoms with Crippen molar-refractivity contribution in [2.45, 2.75) is 114 Å². The number of hydrogen-bond donors (Lipinski definition) is 2. The second-order valence-corrected chi connectivity index (χ2v) is 11.7. The molecule has 2 N–H and O–H groups in total. The summed E-state index contributed by atoms with van der Waals surface area (Å²) in [5.74, 6) is 2.24. The van der Waals surface area contributed by atoms with E-state index in [-0.39, 0.29) is 25.5 Å². The first kappa shape index (κ1) is 49.5. The van der Waals surface area contributed by atoms with E-state index in [1.165, 1.54) is 6.20 Å². The summed E-state index contributed by atoms with van der Waals surface area (Å²) < 4.78 is 33.7. The molecule has 0 radical (unpaired) electrons. The molecule has 2 aromatic heterocycles. The van der Waals surface area contributed by atoms with E-state index in [0.717, 1.165) is 17.0 Å². The first-order chi connectivity index (χ1) is 26.0. The van der Waals surface area contributed by atoms with Crippen molar-refractivity contribution in [3.63, 3.8) is 0 Å². The molecule has 1 fully saturated rings. The molecule has 0 aliphatic carbocycles. The Balaban J connectivity index is 0.00000210. The Labute approximate surface area is 323 Å². The molecule has 4 aromatic rings. The lowest BCUT2D eigenvalue weighted by Gasteiger charge is -2.35. The predicted molar refractivity (Wildman–Crippen MR) is 217 cm³/mol. The summed E-state index contributed by atoms with van der Waals surface area (Å²) in [5, 5.41) is 21.1. The zero-order chi connectivity index (χ0) is 41.4. The SMILES string of the molecule is CC.CC.CC.CC.CC(C)C.COc1ccc(CN(Cc2ccc(OC)cc2OC)c2nc3cncc(C4(O)CCOC(C(=O)O)C4)c3o2)c(OC)c1. The van der Waals surface area contributed by atoms with Crippen LogP contribution >= 0.6 is 0 Å². The Hall–Kier alpha value is -4.55. The van der Waals surface area contributed by atoms with Gasteiger partial charge in [0.15, 0.2) is 11.7 Å². The molecular formula is C42H67N3O9. The Morgan fingerprint density at radius 3 is 1.74 bits per heavy atom. The first-order valence-electron chi connectivity index (χ1n) is 19.0. The van der Waals surface area contributed by atoms with Gasteiger partial charge in [0.1, 0.15) is 34.1 Å². The molecule has 1 saturated heterocycles. The first-order valence-corrected chi connectivity index (χ1v) is 19.0. The standard InChI is InChI=1S/C30H33N3O9.C4H10.4C2H6/c1-37-20-7-5-18(24(11-20)39-3)16-33(17-19-6-8-21(38-2)12-25(19)40-4)29-32-23-15-31-14-22(27(23)42-29)30(36)9-10-41-26(13-30)28(34)35;1-4(2)3;4*1-2/h5-8,11-12,14-15,26,36H,9-10,13,16-17H2,1-4H3,(H,34,35);4H,1-3H3;4*1-2H3. The highest BCUT2D eigenvalue weighted by molar-refractivity contribution is 5.78. The monoisotopic (exact) mass is 757 g/mol. The molecule has 1 aliphatic heterocycles. The quantitative estimate of drug-likeness (QED) is 0.150. The number of aliphatic hydroxyl groups is 1. The number of fused-ring (bicyclic) bond motifs is 1. The minimum atomic E-state index is -1.52. The highest BCUT2D eigenvalue weighted by Gasteiger charge is 2.42. The van der Waals surface area contributed by atoms with Gasteiger partial charge in [-0.1, -0.05) is 76.2 Å². The number of anilines is 1. The van der Waals surface area contributed by atoms with Crippen molar-refractivity contribution in [3.8, 4) is 23.0 Å². The maximum atomic E-state index is 11.6. The lowest BCUT2D eigenvalue weighted by Crippen LogP contribution is -2.42. The number of aliphatic carboxylic acids is 1. The van der Waals surface area contributed by atoms with E-state index in [4.69, 9.17) is 33.1 Å². The predicted octanol–water partition coefficient (Wildman–Crippen LogP) is 9.68. The zero-order valence-corrected chi connectivity index (χ0v) is 35.4. The molecular weight excluding hydrogens is 690 g/mol. The van der Waals surface area contributed by atoms with Crippen LogP contribution in [0.25, 0.3) is 11.1 Å². The van der Waals surface area contributed by atoms with Crippen molar-refractivity contribution in [3.05, 3.63) is 65.5 Å². The van der Waals surface area contributed by atoms with Gasteiger partial charge >= 0.3 is 5.97 Å². The van der Waals surface area contributed by atoms with Crippen molar-refractivity contribution >= 4 is 23.1 Å². The number of carboxylic acids is 1. The van der Waals surface area contributed by atoms with E-state index in [9.17, 15) is 15.0 Å². The lowest BCUT2D eigenvalue weighted by molar-refractivity contribution is -0.166. The fourth-order valence-corrected chi connectivity index (χ4v) is 5.12. The summed E-state index contributed by atoms with van der Waals surface area (Å²) in [6.45, 7) is 23.2. The van der Waals surface area contributed by atoms with Crippen LogP contribution in [0.5, 0.6) is 23.0 Å². The zero-order valence-electron chi connectivity index (χ0n) is 35.4. The van der Waals surface area contributed by atoms with Gasteiger partial charge < -0.3 is 43.2 Å². The highest BCUT2D eigenvalue weighted by atomic mass is 16.5. The number of ether oxygens (including phenoxy) is 5. The van der Waals surface area contributed by atoms with Gasteiger partial charge in [-0.15, -0.1) is 0 Å². The molecule has 1 aliphatic rings. The van der Waals surface area contributed by atoms with Crippen molar-refractivity contribution in [1.29, 1.82) is 0 Å². The number of carboxylic acid groups (broad SMARTS) is 1. The molecule has 2 atom stereocenters. The smallest absolute Gasteiger partial charge is 0.332 e. The number of aromatic nitrogens is 2. The lowest BCUT2D eigenvalue weighted by atomic mass is 9.84. The molecule has 0 spiro atoms. The third kappa shape index (κ3) is 14.0. The average Bonchev–Trinajstić information content (AvgIpc) is 3.65. The van der Waals surface area contributed by atoms with Crippen LogP contribution in [0.3, 0.4) is 0 Å². The number of benzene rings is 2. The van der Waals surface area contributed by atoms with Gasteiger partial charge in [0, 0.05) is 47.9 Å². The Kier molecular flexibility index (Phi) is 24.0. The van der Waals surface area contributed by atoms with Crippen LogP contribution < -0.4 is 23.8 Å². The number of carbonyl (C=O) groups is 1. The van der Waals surface area contributed by atoms with E-state index in [1.807, 2.05) is 84.6 Å².